The van der Waals surface area contributed by atoms with E-state index < -0.39 is 0 Å². The summed E-state index contributed by atoms with van der Waals surface area (Å²) < 4.78 is 8.12. The van der Waals surface area contributed by atoms with Crippen molar-refractivity contribution < 1.29 is 26.5 Å². The first kappa shape index (κ1) is 34.1. The van der Waals surface area contributed by atoms with Crippen LogP contribution in [0.15, 0.2) is 54.0 Å². The number of ether oxygens (including phenoxy) is 1. The number of rotatable bonds is 19. The fraction of sp³-hybridized carbons (Fsp3) is 0.515. The molecule has 3 aromatic rings. The Bertz CT molecular complexity index is 1140. The molecule has 0 unspecified atom stereocenters. The zero-order chi connectivity index (χ0) is 27.7. The molecule has 0 radical (unpaired) electrons. The molecule has 1 heterocycles. The minimum absolute atomic E-state index is 0. The number of hydrogen-bond acceptors (Lipinski definition) is 3. The van der Waals surface area contributed by atoms with Gasteiger partial charge in [-0.05, 0) is 43.2 Å². The number of benzene rings is 2. The van der Waals surface area contributed by atoms with Gasteiger partial charge in [0.25, 0.3) is 5.01 Å². The predicted octanol–water partition coefficient (Wildman–Crippen LogP) is 6.64. The van der Waals surface area contributed by atoms with E-state index in [9.17, 15) is 4.79 Å². The van der Waals surface area contributed by atoms with Crippen LogP contribution in [-0.2, 0) is 17.8 Å². The van der Waals surface area contributed by atoms with Gasteiger partial charge in [-0.15, -0.1) is 0 Å². The van der Waals surface area contributed by atoms with Crippen molar-refractivity contribution in [3.8, 4) is 16.3 Å². The summed E-state index contributed by atoms with van der Waals surface area (Å²) in [5.41, 5.74) is 2.72. The molecular weight excluding hydrogens is 559 g/mol. The zero-order valence-corrected chi connectivity index (χ0v) is 26.6. The summed E-state index contributed by atoms with van der Waals surface area (Å²) in [6.45, 7) is 5.95. The Hall–Kier alpha value is -2.08. The number of hydrogen-bond donors (Lipinski definition) is 1. The van der Waals surface area contributed by atoms with Gasteiger partial charge in [-0.1, -0.05) is 119 Å². The minimum Gasteiger partial charge on any atom is -1.00 e. The van der Waals surface area contributed by atoms with Crippen LogP contribution in [0.25, 0.3) is 10.6 Å². The lowest BCUT2D eigenvalue weighted by Gasteiger charge is -2.11. The molecule has 2 aromatic carbocycles. The standard InChI is InChI=1S/C33H45ClN2O2S.ClH/c1-3-5-6-7-8-9-10-11-12-13-14-17-23-38-31-21-20-27(25-29(31)34)26-32(37)35-30-19-16-15-18-28(30)33-36(4-2)22-24-39-33;/h15-16,18-22,24-25H,3-14,17,23,26H2,1-2H3;1H. The number of unbranched alkanes of at least 4 members (excludes halogenated alkanes) is 11. The van der Waals surface area contributed by atoms with E-state index in [1.54, 1.807) is 11.3 Å². The molecule has 1 aromatic heterocycles. The molecule has 1 amide bonds. The number of anilines is 1. The second-order valence-corrected chi connectivity index (χ2v) is 11.6. The Morgan fingerprint density at radius 1 is 0.900 bits per heavy atom. The maximum Gasteiger partial charge on any atom is 0.271 e. The molecule has 0 aliphatic rings. The second kappa shape index (κ2) is 19.9. The number of para-hydroxylation sites is 1. The maximum absolute atomic E-state index is 12.9. The van der Waals surface area contributed by atoms with Gasteiger partial charge in [0.15, 0.2) is 6.20 Å². The van der Waals surface area contributed by atoms with Gasteiger partial charge in [0.05, 0.1) is 34.7 Å². The lowest BCUT2D eigenvalue weighted by molar-refractivity contribution is -0.678. The monoisotopic (exact) mass is 604 g/mol. The number of nitrogens with one attached hydrogen (secondary N) is 1. The number of carbonyl (C=O) groups is 1. The highest BCUT2D eigenvalue weighted by Crippen LogP contribution is 2.29. The van der Waals surface area contributed by atoms with Crippen molar-refractivity contribution in [3.63, 3.8) is 0 Å². The van der Waals surface area contributed by atoms with Crippen LogP contribution >= 0.6 is 22.9 Å². The summed E-state index contributed by atoms with van der Waals surface area (Å²) >= 11 is 8.17. The van der Waals surface area contributed by atoms with Crippen LogP contribution in [-0.4, -0.2) is 12.5 Å². The summed E-state index contributed by atoms with van der Waals surface area (Å²) in [4.78, 5) is 12.9. The average Bonchev–Trinajstić information content (AvgIpc) is 3.41. The minimum atomic E-state index is -0.0664. The van der Waals surface area contributed by atoms with Crippen molar-refractivity contribution in [1.29, 1.82) is 0 Å². The number of halogens is 2. The van der Waals surface area contributed by atoms with Gasteiger partial charge in [0, 0.05) is 0 Å². The molecule has 0 spiro atoms. The van der Waals surface area contributed by atoms with Gasteiger partial charge in [0.2, 0.25) is 5.91 Å². The molecule has 7 heteroatoms. The quantitative estimate of drug-likeness (QED) is 0.123. The number of carbonyl (C=O) groups excluding carboxylic acids is 1. The van der Waals surface area contributed by atoms with E-state index in [4.69, 9.17) is 16.3 Å². The molecule has 0 saturated heterocycles. The summed E-state index contributed by atoms with van der Waals surface area (Å²) in [6, 6.07) is 13.6. The first-order chi connectivity index (χ1) is 19.1. The molecule has 0 aliphatic carbocycles. The lowest BCUT2D eigenvalue weighted by Crippen LogP contribution is -3.00. The second-order valence-electron chi connectivity index (χ2n) is 10.3. The Kier molecular flexibility index (Phi) is 17.0. The van der Waals surface area contributed by atoms with Crippen molar-refractivity contribution in [2.45, 2.75) is 104 Å². The smallest absolute Gasteiger partial charge is 0.271 e. The van der Waals surface area contributed by atoms with Crippen LogP contribution in [0.3, 0.4) is 0 Å². The Labute approximate surface area is 256 Å². The lowest BCUT2D eigenvalue weighted by atomic mass is 10.1. The van der Waals surface area contributed by atoms with E-state index >= 15 is 0 Å². The van der Waals surface area contributed by atoms with Crippen LogP contribution in [0, 0.1) is 0 Å². The highest BCUT2D eigenvalue weighted by molar-refractivity contribution is 7.12. The average molecular weight is 606 g/mol. The number of amides is 1. The Morgan fingerprint density at radius 2 is 1.55 bits per heavy atom. The van der Waals surface area contributed by atoms with Gasteiger partial charge in [0.1, 0.15) is 12.3 Å². The predicted molar refractivity (Wildman–Crippen MR) is 166 cm³/mol. The third kappa shape index (κ3) is 11.8. The van der Waals surface area contributed by atoms with E-state index in [1.165, 1.54) is 70.6 Å². The molecule has 0 atom stereocenters. The van der Waals surface area contributed by atoms with Crippen molar-refractivity contribution in [2.75, 3.05) is 11.9 Å². The molecular formula is C33H46Cl2N2O2S. The molecule has 0 bridgehead atoms. The van der Waals surface area contributed by atoms with E-state index in [-0.39, 0.29) is 24.7 Å². The van der Waals surface area contributed by atoms with Crippen LogP contribution in [0.5, 0.6) is 5.75 Å². The van der Waals surface area contributed by atoms with Gasteiger partial charge >= 0.3 is 0 Å². The van der Waals surface area contributed by atoms with Crippen molar-refractivity contribution >= 4 is 34.5 Å². The summed E-state index contributed by atoms with van der Waals surface area (Å²) in [5.74, 6) is 0.624. The van der Waals surface area contributed by atoms with Gasteiger partial charge < -0.3 is 22.5 Å². The third-order valence-corrected chi connectivity index (χ3v) is 8.30. The fourth-order valence-corrected chi connectivity index (χ4v) is 6.05. The number of aromatic nitrogens is 1. The van der Waals surface area contributed by atoms with Crippen molar-refractivity contribution in [2.24, 2.45) is 0 Å². The molecule has 4 nitrogen and oxygen atoms in total. The molecule has 0 saturated carbocycles. The molecule has 1 N–H and O–H groups in total. The highest BCUT2D eigenvalue weighted by atomic mass is 35.5. The van der Waals surface area contributed by atoms with Gasteiger partial charge in [-0.3, -0.25) is 4.79 Å². The van der Waals surface area contributed by atoms with E-state index in [2.05, 4.69) is 35.3 Å². The normalized spacial score (nSPS) is 10.8. The van der Waals surface area contributed by atoms with Gasteiger partial charge in [-0.25, -0.2) is 0 Å². The van der Waals surface area contributed by atoms with Gasteiger partial charge in [-0.2, -0.15) is 4.57 Å². The molecule has 220 valence electrons. The fourth-order valence-electron chi connectivity index (χ4n) is 4.83. The van der Waals surface area contributed by atoms with E-state index in [1.807, 2.05) is 42.5 Å². The molecule has 3 rings (SSSR count). The topological polar surface area (TPSA) is 42.2 Å². The number of nitrogens with zero attached hydrogens (tertiary/aromatic N) is 1. The SMILES string of the molecule is CCCCCCCCCCCCCCOc1ccc(CC(=O)Nc2ccccc2-c2scc[n+]2CC)cc1Cl.[Cl-]. The number of aryl methyl sites for hydroxylation is 1. The highest BCUT2D eigenvalue weighted by Gasteiger charge is 2.18. The Morgan fingerprint density at radius 3 is 2.20 bits per heavy atom. The number of thiazole rings is 1. The Balaban J connectivity index is 0.00000560. The van der Waals surface area contributed by atoms with E-state index in [0.717, 1.165) is 34.8 Å². The van der Waals surface area contributed by atoms with Crippen molar-refractivity contribution in [1.82, 2.24) is 0 Å². The third-order valence-electron chi connectivity index (χ3n) is 7.07. The first-order valence-electron chi connectivity index (χ1n) is 14.9. The first-order valence-corrected chi connectivity index (χ1v) is 16.2. The van der Waals surface area contributed by atoms with E-state index in [0.29, 0.717) is 17.4 Å². The molecule has 0 aliphatic heterocycles. The van der Waals surface area contributed by atoms with Crippen LogP contribution in [0.1, 0.15) is 96.5 Å². The summed E-state index contributed by atoms with van der Waals surface area (Å²) in [6.07, 6.45) is 18.2. The summed E-state index contributed by atoms with van der Waals surface area (Å²) in [5, 5.41) is 6.85. The summed E-state index contributed by atoms with van der Waals surface area (Å²) in [7, 11) is 0. The van der Waals surface area contributed by atoms with Crippen molar-refractivity contribution in [3.05, 3.63) is 64.6 Å². The molecule has 0 fully saturated rings. The van der Waals surface area contributed by atoms with Crippen LogP contribution in [0.2, 0.25) is 5.02 Å². The maximum atomic E-state index is 12.9. The van der Waals surface area contributed by atoms with Crippen LogP contribution < -0.4 is 27.0 Å². The largest absolute Gasteiger partial charge is 1.00 e. The zero-order valence-electron chi connectivity index (χ0n) is 24.2. The molecule has 40 heavy (non-hydrogen) atoms. The van der Waals surface area contributed by atoms with Crippen LogP contribution in [0.4, 0.5) is 5.69 Å².